The van der Waals surface area contributed by atoms with Crippen LogP contribution < -0.4 is 21.5 Å². The topological polar surface area (TPSA) is 209 Å². The number of ether oxygens (including phenoxy) is 1. The molecule has 0 bridgehead atoms. The maximum atomic E-state index is 12.1. The van der Waals surface area contributed by atoms with E-state index < -0.39 is 47.6 Å². The van der Waals surface area contributed by atoms with Crippen LogP contribution in [0, 0.1) is 0 Å². The maximum Gasteiger partial charge on any atom is 0.454 e. The van der Waals surface area contributed by atoms with Gasteiger partial charge in [-0.1, -0.05) is 13.0 Å². The number of nitrogens with two attached hydrogens (primary N) is 2. The van der Waals surface area contributed by atoms with Crippen LogP contribution in [0.5, 0.6) is 11.5 Å². The Kier molecular flexibility index (Phi) is 8.07. The standard InChI is InChI=1S/C19H29BN4O8/c1-10(20(30)31)5-11-3-4-13(15(16(11)26)17(27)28)32-12-7-24(8-12)9-19(2,22)18(29)23-6-14(21)25/h3-4,10,12,26,30-31H,5-9,22H2,1-2H3,(H2,21,25)(H,23,29)(H,27,28)/t10-,19?/m1/s1. The van der Waals surface area contributed by atoms with Gasteiger partial charge in [0.05, 0.1) is 6.54 Å². The summed E-state index contributed by atoms with van der Waals surface area (Å²) in [5.74, 6) is -3.71. The monoisotopic (exact) mass is 452 g/mol. The van der Waals surface area contributed by atoms with Crippen molar-refractivity contribution in [3.05, 3.63) is 23.3 Å². The molecule has 1 aromatic rings. The van der Waals surface area contributed by atoms with Gasteiger partial charge in [-0.25, -0.2) is 4.79 Å². The molecule has 13 heteroatoms. The van der Waals surface area contributed by atoms with E-state index in [4.69, 9.17) is 16.2 Å². The molecule has 9 N–H and O–H groups in total. The van der Waals surface area contributed by atoms with Crippen LogP contribution in [0.2, 0.25) is 5.82 Å². The zero-order valence-electron chi connectivity index (χ0n) is 17.9. The van der Waals surface area contributed by atoms with E-state index >= 15 is 0 Å². The van der Waals surface area contributed by atoms with Gasteiger partial charge in [-0.05, 0) is 30.8 Å². The third kappa shape index (κ3) is 6.32. The second kappa shape index (κ2) is 10.2. The molecule has 2 rings (SSSR count). The SMILES string of the molecule is C[C@H](Cc1ccc(OC2CN(CC(C)(N)C(=O)NCC(N)=O)C2)c(C(=O)O)c1O)B(O)O. The number of aromatic hydroxyl groups is 1. The van der Waals surface area contributed by atoms with Crippen molar-refractivity contribution >= 4 is 24.9 Å². The van der Waals surface area contributed by atoms with Crippen LogP contribution in [0.3, 0.4) is 0 Å². The van der Waals surface area contributed by atoms with Crippen molar-refractivity contribution in [3.8, 4) is 11.5 Å². The minimum atomic E-state index is -1.61. The fourth-order valence-corrected chi connectivity index (χ4v) is 3.35. The van der Waals surface area contributed by atoms with E-state index in [0.29, 0.717) is 13.1 Å². The first-order valence-corrected chi connectivity index (χ1v) is 10.0. The molecular weight excluding hydrogens is 423 g/mol. The third-order valence-electron chi connectivity index (χ3n) is 5.20. The highest BCUT2D eigenvalue weighted by molar-refractivity contribution is 6.43. The number of phenols is 1. The predicted octanol–water partition coefficient (Wildman–Crippen LogP) is -2.12. The predicted molar refractivity (Wildman–Crippen MR) is 114 cm³/mol. The van der Waals surface area contributed by atoms with E-state index in [0.717, 1.165) is 0 Å². The Morgan fingerprint density at radius 1 is 1.34 bits per heavy atom. The number of nitrogens with one attached hydrogen (secondary N) is 1. The van der Waals surface area contributed by atoms with E-state index in [1.165, 1.54) is 19.1 Å². The van der Waals surface area contributed by atoms with Gasteiger partial charge in [0.1, 0.15) is 28.7 Å². The fourth-order valence-electron chi connectivity index (χ4n) is 3.35. The van der Waals surface area contributed by atoms with Gasteiger partial charge < -0.3 is 41.8 Å². The number of hydrogen-bond donors (Lipinski definition) is 7. The van der Waals surface area contributed by atoms with Crippen LogP contribution in [-0.2, 0) is 16.0 Å². The first-order chi connectivity index (χ1) is 14.8. The number of rotatable bonds is 11. The van der Waals surface area contributed by atoms with Crippen molar-refractivity contribution in [2.45, 2.75) is 37.7 Å². The summed E-state index contributed by atoms with van der Waals surface area (Å²) < 4.78 is 5.73. The summed E-state index contributed by atoms with van der Waals surface area (Å²) in [5, 5.41) is 40.8. The second-order valence-corrected chi connectivity index (χ2v) is 8.35. The molecular formula is C19H29BN4O8. The summed E-state index contributed by atoms with van der Waals surface area (Å²) in [6, 6.07) is 2.90. The van der Waals surface area contributed by atoms with Crippen LogP contribution >= 0.6 is 0 Å². The van der Waals surface area contributed by atoms with Gasteiger partial charge in [-0.15, -0.1) is 0 Å². The zero-order chi connectivity index (χ0) is 24.2. The Morgan fingerprint density at radius 3 is 2.50 bits per heavy atom. The van der Waals surface area contributed by atoms with Gasteiger partial charge in [0.15, 0.2) is 0 Å². The lowest BCUT2D eigenvalue weighted by Crippen LogP contribution is -2.64. The lowest BCUT2D eigenvalue weighted by molar-refractivity contribution is -0.129. The molecule has 1 saturated heterocycles. The molecule has 1 unspecified atom stereocenters. The molecule has 0 saturated carbocycles. The minimum Gasteiger partial charge on any atom is -0.507 e. The van der Waals surface area contributed by atoms with Crippen molar-refractivity contribution in [1.82, 2.24) is 10.2 Å². The highest BCUT2D eigenvalue weighted by Gasteiger charge is 2.38. The van der Waals surface area contributed by atoms with Gasteiger partial charge in [0, 0.05) is 19.6 Å². The third-order valence-corrected chi connectivity index (χ3v) is 5.20. The lowest BCUT2D eigenvalue weighted by atomic mass is 9.71. The minimum absolute atomic E-state index is 0.0182. The van der Waals surface area contributed by atoms with Gasteiger partial charge in [0.25, 0.3) is 0 Å². The summed E-state index contributed by atoms with van der Waals surface area (Å²) in [6.07, 6.45) is -0.324. The summed E-state index contributed by atoms with van der Waals surface area (Å²) >= 11 is 0. The largest absolute Gasteiger partial charge is 0.507 e. The Balaban J connectivity index is 2.00. The van der Waals surface area contributed by atoms with Crippen molar-refractivity contribution in [3.63, 3.8) is 0 Å². The Morgan fingerprint density at radius 2 is 1.97 bits per heavy atom. The molecule has 32 heavy (non-hydrogen) atoms. The van der Waals surface area contributed by atoms with E-state index in [1.54, 1.807) is 6.92 Å². The van der Waals surface area contributed by atoms with Gasteiger partial charge >= 0.3 is 13.1 Å². The van der Waals surface area contributed by atoms with Crippen molar-refractivity contribution in [2.75, 3.05) is 26.2 Å². The Hall–Kier alpha value is -2.87. The molecule has 0 radical (unpaired) electrons. The highest BCUT2D eigenvalue weighted by Crippen LogP contribution is 2.35. The van der Waals surface area contributed by atoms with Crippen LogP contribution in [0.1, 0.15) is 29.8 Å². The Bertz CT molecular complexity index is 873. The number of carbonyl (C=O) groups excluding carboxylic acids is 2. The first-order valence-electron chi connectivity index (χ1n) is 10.0. The van der Waals surface area contributed by atoms with Crippen LogP contribution in [-0.4, -0.2) is 87.9 Å². The second-order valence-electron chi connectivity index (χ2n) is 8.35. The number of nitrogens with zero attached hydrogens (tertiary/aromatic N) is 1. The van der Waals surface area contributed by atoms with Gasteiger partial charge in [0.2, 0.25) is 11.8 Å². The molecule has 2 amide bonds. The maximum absolute atomic E-state index is 12.1. The van der Waals surface area contributed by atoms with E-state index in [-0.39, 0.29) is 36.9 Å². The molecule has 1 aliphatic heterocycles. The number of amides is 2. The van der Waals surface area contributed by atoms with E-state index in [1.807, 2.05) is 4.90 Å². The summed E-state index contributed by atoms with van der Waals surface area (Å²) in [4.78, 5) is 36.4. The number of primary amides is 1. The quantitative estimate of drug-likeness (QED) is 0.182. The molecule has 1 fully saturated rings. The molecule has 0 aromatic heterocycles. The number of carboxylic acids is 1. The van der Waals surface area contributed by atoms with Crippen molar-refractivity contribution in [1.29, 1.82) is 0 Å². The molecule has 0 spiro atoms. The number of carboxylic acid groups (broad SMARTS) is 1. The average molecular weight is 452 g/mol. The lowest BCUT2D eigenvalue weighted by Gasteiger charge is -2.42. The smallest absolute Gasteiger partial charge is 0.454 e. The molecule has 2 atom stereocenters. The first kappa shape index (κ1) is 25.4. The van der Waals surface area contributed by atoms with E-state index in [2.05, 4.69) is 5.32 Å². The highest BCUT2D eigenvalue weighted by atomic mass is 16.5. The number of aromatic carboxylic acids is 1. The molecule has 12 nitrogen and oxygen atoms in total. The van der Waals surface area contributed by atoms with Crippen LogP contribution in [0.15, 0.2) is 12.1 Å². The molecule has 1 heterocycles. The van der Waals surface area contributed by atoms with Gasteiger partial charge in [-0.3, -0.25) is 14.5 Å². The molecule has 176 valence electrons. The molecule has 0 aliphatic carbocycles. The molecule has 1 aliphatic rings. The Labute approximate surface area is 185 Å². The number of carbonyl (C=O) groups is 3. The molecule has 1 aromatic carbocycles. The summed E-state index contributed by atoms with van der Waals surface area (Å²) in [7, 11) is -1.61. The number of hydrogen-bond acceptors (Lipinski definition) is 9. The van der Waals surface area contributed by atoms with Crippen molar-refractivity contribution < 1.29 is 39.4 Å². The van der Waals surface area contributed by atoms with E-state index in [9.17, 15) is 34.6 Å². The average Bonchev–Trinajstić information content (AvgIpc) is 2.65. The zero-order valence-corrected chi connectivity index (χ0v) is 17.9. The van der Waals surface area contributed by atoms with Crippen LogP contribution in [0.4, 0.5) is 0 Å². The summed E-state index contributed by atoms with van der Waals surface area (Å²) in [5.41, 5.74) is 9.60. The fraction of sp³-hybridized carbons (Fsp3) is 0.526. The van der Waals surface area contributed by atoms with Gasteiger partial charge in [-0.2, -0.15) is 0 Å². The number of likely N-dealkylation sites (tertiary alicyclic amines) is 1. The normalized spacial score (nSPS) is 17.0. The summed E-state index contributed by atoms with van der Waals surface area (Å²) in [6.45, 7) is 3.66. The van der Waals surface area contributed by atoms with Crippen molar-refractivity contribution in [2.24, 2.45) is 11.5 Å². The van der Waals surface area contributed by atoms with Crippen LogP contribution in [0.25, 0.3) is 0 Å². The number of benzene rings is 1.